The predicted molar refractivity (Wildman–Crippen MR) is 80.3 cm³/mol. The van der Waals surface area contributed by atoms with Crippen LogP contribution in [0.25, 0.3) is 0 Å². The summed E-state index contributed by atoms with van der Waals surface area (Å²) in [6.07, 6.45) is 8.01. The SMILES string of the molecule is C=CCc1cccc(Cl)c1OCCn1ccnc1.Cl. The van der Waals surface area contributed by atoms with E-state index in [2.05, 4.69) is 11.6 Å². The molecule has 0 unspecified atom stereocenters. The van der Waals surface area contributed by atoms with Gasteiger partial charge in [0.05, 0.1) is 17.9 Å². The Morgan fingerprint density at radius 2 is 2.26 bits per heavy atom. The molecule has 1 heterocycles. The molecule has 0 radical (unpaired) electrons. The first-order valence-corrected chi connectivity index (χ1v) is 6.16. The van der Waals surface area contributed by atoms with Crippen LogP contribution >= 0.6 is 24.0 Å². The molecule has 102 valence electrons. The van der Waals surface area contributed by atoms with E-state index in [1.54, 1.807) is 12.5 Å². The lowest BCUT2D eigenvalue weighted by atomic mass is 10.1. The van der Waals surface area contributed by atoms with Gasteiger partial charge in [0.15, 0.2) is 0 Å². The third-order valence-corrected chi connectivity index (χ3v) is 2.87. The van der Waals surface area contributed by atoms with Crippen LogP contribution in [0.15, 0.2) is 49.6 Å². The molecule has 1 aromatic heterocycles. The molecular formula is C14H16Cl2N2O. The first kappa shape index (κ1) is 15.6. The van der Waals surface area contributed by atoms with Crippen molar-refractivity contribution in [3.05, 3.63) is 60.2 Å². The molecule has 0 bridgehead atoms. The Morgan fingerprint density at radius 3 is 2.95 bits per heavy atom. The zero-order chi connectivity index (χ0) is 12.8. The fraction of sp³-hybridized carbons (Fsp3) is 0.214. The van der Waals surface area contributed by atoms with Gasteiger partial charge in [0, 0.05) is 12.4 Å². The highest BCUT2D eigenvalue weighted by Crippen LogP contribution is 2.29. The van der Waals surface area contributed by atoms with Crippen molar-refractivity contribution in [2.24, 2.45) is 0 Å². The van der Waals surface area contributed by atoms with E-state index in [0.29, 0.717) is 11.6 Å². The highest BCUT2D eigenvalue weighted by atomic mass is 35.5. The number of rotatable bonds is 6. The van der Waals surface area contributed by atoms with Gasteiger partial charge in [0.1, 0.15) is 12.4 Å². The molecule has 0 atom stereocenters. The quantitative estimate of drug-likeness (QED) is 0.759. The van der Waals surface area contributed by atoms with Crippen molar-refractivity contribution in [1.82, 2.24) is 9.55 Å². The van der Waals surface area contributed by atoms with Gasteiger partial charge in [-0.1, -0.05) is 29.8 Å². The third kappa shape index (κ3) is 4.30. The maximum Gasteiger partial charge on any atom is 0.141 e. The molecule has 0 N–H and O–H groups in total. The molecule has 0 amide bonds. The van der Waals surface area contributed by atoms with Crippen LogP contribution in [0, 0.1) is 0 Å². The van der Waals surface area contributed by atoms with Gasteiger partial charge in [0.25, 0.3) is 0 Å². The molecule has 0 aliphatic rings. The smallest absolute Gasteiger partial charge is 0.141 e. The molecule has 0 aliphatic carbocycles. The highest BCUT2D eigenvalue weighted by molar-refractivity contribution is 6.32. The minimum atomic E-state index is 0. The van der Waals surface area contributed by atoms with E-state index in [9.17, 15) is 0 Å². The maximum absolute atomic E-state index is 6.15. The second-order valence-electron chi connectivity index (χ2n) is 3.87. The van der Waals surface area contributed by atoms with Gasteiger partial charge in [-0.25, -0.2) is 4.98 Å². The first-order valence-electron chi connectivity index (χ1n) is 5.78. The average Bonchev–Trinajstić information content (AvgIpc) is 2.86. The summed E-state index contributed by atoms with van der Waals surface area (Å²) in [6, 6.07) is 5.75. The fourth-order valence-electron chi connectivity index (χ4n) is 1.70. The molecule has 5 heteroatoms. The van der Waals surface area contributed by atoms with Crippen molar-refractivity contribution >= 4 is 24.0 Å². The van der Waals surface area contributed by atoms with Crippen molar-refractivity contribution < 1.29 is 4.74 Å². The number of allylic oxidation sites excluding steroid dienone is 1. The van der Waals surface area contributed by atoms with Crippen LogP contribution in [-0.4, -0.2) is 16.2 Å². The molecule has 19 heavy (non-hydrogen) atoms. The lowest BCUT2D eigenvalue weighted by Crippen LogP contribution is -2.08. The summed E-state index contributed by atoms with van der Waals surface area (Å²) in [5.41, 5.74) is 1.06. The van der Waals surface area contributed by atoms with Crippen molar-refractivity contribution in [2.75, 3.05) is 6.61 Å². The van der Waals surface area contributed by atoms with Crippen LogP contribution in [0.5, 0.6) is 5.75 Å². The van der Waals surface area contributed by atoms with Crippen LogP contribution in [0.1, 0.15) is 5.56 Å². The summed E-state index contributed by atoms with van der Waals surface area (Å²) in [7, 11) is 0. The monoisotopic (exact) mass is 298 g/mol. The van der Waals surface area contributed by atoms with Crippen LogP contribution in [0.4, 0.5) is 0 Å². The summed E-state index contributed by atoms with van der Waals surface area (Å²) in [4.78, 5) is 3.98. The van der Waals surface area contributed by atoms with E-state index in [-0.39, 0.29) is 12.4 Å². The summed E-state index contributed by atoms with van der Waals surface area (Å²) >= 11 is 6.15. The lowest BCUT2D eigenvalue weighted by molar-refractivity contribution is 0.296. The number of halogens is 2. The van der Waals surface area contributed by atoms with E-state index >= 15 is 0 Å². The molecular weight excluding hydrogens is 283 g/mol. The van der Waals surface area contributed by atoms with Crippen molar-refractivity contribution in [2.45, 2.75) is 13.0 Å². The number of nitrogens with zero attached hydrogens (tertiary/aromatic N) is 2. The molecule has 1 aromatic carbocycles. The highest BCUT2D eigenvalue weighted by Gasteiger charge is 2.07. The largest absolute Gasteiger partial charge is 0.490 e. The minimum absolute atomic E-state index is 0. The van der Waals surface area contributed by atoms with Crippen molar-refractivity contribution in [3.63, 3.8) is 0 Å². The number of hydrogen-bond acceptors (Lipinski definition) is 2. The second kappa shape index (κ2) is 7.87. The zero-order valence-corrected chi connectivity index (χ0v) is 12.0. The number of aromatic nitrogens is 2. The molecule has 0 fully saturated rings. The Morgan fingerprint density at radius 1 is 1.42 bits per heavy atom. The van der Waals surface area contributed by atoms with Gasteiger partial charge in [-0.3, -0.25) is 0 Å². The standard InChI is InChI=1S/C14H15ClN2O.ClH/c1-2-4-12-5-3-6-13(15)14(12)18-10-9-17-8-7-16-11-17;/h2-3,5-8,11H,1,4,9-10H2;1H. The number of imidazole rings is 1. The summed E-state index contributed by atoms with van der Waals surface area (Å²) in [6.45, 7) is 5.05. The maximum atomic E-state index is 6.15. The zero-order valence-electron chi connectivity index (χ0n) is 10.5. The summed E-state index contributed by atoms with van der Waals surface area (Å²) < 4.78 is 7.73. The van der Waals surface area contributed by atoms with Crippen molar-refractivity contribution in [3.8, 4) is 5.75 Å². The molecule has 0 spiro atoms. The van der Waals surface area contributed by atoms with E-state index in [4.69, 9.17) is 16.3 Å². The lowest BCUT2D eigenvalue weighted by Gasteiger charge is -2.12. The van der Waals surface area contributed by atoms with E-state index in [1.807, 2.05) is 35.0 Å². The Labute approximate surface area is 124 Å². The summed E-state index contributed by atoms with van der Waals surface area (Å²) in [5, 5.41) is 0.639. The fourth-order valence-corrected chi connectivity index (χ4v) is 1.95. The molecule has 0 saturated carbocycles. The molecule has 3 nitrogen and oxygen atoms in total. The Kier molecular flexibility index (Phi) is 6.46. The molecule has 2 aromatic rings. The van der Waals surface area contributed by atoms with Crippen LogP contribution in [-0.2, 0) is 13.0 Å². The average molecular weight is 299 g/mol. The van der Waals surface area contributed by atoms with Crippen LogP contribution in [0.3, 0.4) is 0 Å². The Hall–Kier alpha value is -1.45. The minimum Gasteiger partial charge on any atom is -0.490 e. The van der Waals surface area contributed by atoms with Gasteiger partial charge in [-0.2, -0.15) is 0 Å². The predicted octanol–water partition coefficient (Wildman–Crippen LogP) is 3.77. The number of benzene rings is 1. The summed E-state index contributed by atoms with van der Waals surface area (Å²) in [5.74, 6) is 0.749. The molecule has 0 aliphatic heterocycles. The molecule has 0 saturated heterocycles. The number of hydrogen-bond donors (Lipinski definition) is 0. The van der Waals surface area contributed by atoms with E-state index < -0.39 is 0 Å². The second-order valence-corrected chi connectivity index (χ2v) is 4.28. The first-order chi connectivity index (χ1) is 8.81. The van der Waals surface area contributed by atoms with Crippen molar-refractivity contribution in [1.29, 1.82) is 0 Å². The van der Waals surface area contributed by atoms with Gasteiger partial charge >= 0.3 is 0 Å². The number of ether oxygens (including phenoxy) is 1. The van der Waals surface area contributed by atoms with E-state index in [0.717, 1.165) is 24.3 Å². The van der Waals surface area contributed by atoms with Gasteiger partial charge in [0.2, 0.25) is 0 Å². The van der Waals surface area contributed by atoms with Crippen LogP contribution in [0.2, 0.25) is 5.02 Å². The third-order valence-electron chi connectivity index (χ3n) is 2.57. The number of para-hydroxylation sites is 1. The van der Waals surface area contributed by atoms with E-state index in [1.165, 1.54) is 0 Å². The van der Waals surface area contributed by atoms with Crippen LogP contribution < -0.4 is 4.74 Å². The van der Waals surface area contributed by atoms with Gasteiger partial charge in [-0.15, -0.1) is 19.0 Å². The van der Waals surface area contributed by atoms with Gasteiger partial charge in [-0.05, 0) is 18.1 Å². The topological polar surface area (TPSA) is 27.1 Å². The Balaban J connectivity index is 0.00000180. The molecule has 2 rings (SSSR count). The Bertz CT molecular complexity index is 512. The van der Waals surface area contributed by atoms with Gasteiger partial charge < -0.3 is 9.30 Å². The normalized spacial score (nSPS) is 9.74.